The topological polar surface area (TPSA) is 73.2 Å². The summed E-state index contributed by atoms with van der Waals surface area (Å²) in [5.41, 5.74) is 9.16. The summed E-state index contributed by atoms with van der Waals surface area (Å²) in [4.78, 5) is 7.83. The van der Waals surface area contributed by atoms with Crippen molar-refractivity contribution in [2.45, 2.75) is 0 Å². The second-order valence-electron chi connectivity index (χ2n) is 4.43. The number of benzene rings is 2. The van der Waals surface area contributed by atoms with Gasteiger partial charge in [0.25, 0.3) is 0 Å². The fourth-order valence-corrected chi connectivity index (χ4v) is 2.11. The first-order chi connectivity index (χ1) is 9.71. The Morgan fingerprint density at radius 2 is 1.90 bits per heavy atom. The molecule has 2 aromatic carbocycles. The summed E-state index contributed by atoms with van der Waals surface area (Å²) in [5, 5.41) is 0. The number of anilines is 1. The third kappa shape index (κ3) is 2.03. The first kappa shape index (κ1) is 12.3. The van der Waals surface area contributed by atoms with Crippen LogP contribution in [0.5, 0.6) is 11.5 Å². The maximum absolute atomic E-state index is 5.82. The molecule has 3 N–H and O–H groups in total. The molecule has 5 nitrogen and oxygen atoms in total. The van der Waals surface area contributed by atoms with Crippen LogP contribution in [0.15, 0.2) is 36.4 Å². The molecule has 1 heterocycles. The highest BCUT2D eigenvalue weighted by Crippen LogP contribution is 2.29. The number of methoxy groups -OCH3 is 2. The number of nitrogens with zero attached hydrogens (tertiary/aromatic N) is 1. The first-order valence-electron chi connectivity index (χ1n) is 6.19. The largest absolute Gasteiger partial charge is 0.497 e. The predicted octanol–water partition coefficient (Wildman–Crippen LogP) is 2.83. The Kier molecular flexibility index (Phi) is 2.95. The van der Waals surface area contributed by atoms with Crippen molar-refractivity contribution in [2.75, 3.05) is 20.0 Å². The third-order valence-corrected chi connectivity index (χ3v) is 3.20. The number of ether oxygens (including phenoxy) is 2. The van der Waals surface area contributed by atoms with Crippen molar-refractivity contribution in [2.24, 2.45) is 0 Å². The maximum Gasteiger partial charge on any atom is 0.142 e. The van der Waals surface area contributed by atoms with Crippen LogP contribution in [0.1, 0.15) is 0 Å². The molecule has 0 radical (unpaired) electrons. The third-order valence-electron chi connectivity index (χ3n) is 3.20. The summed E-state index contributed by atoms with van der Waals surface area (Å²) in [5.74, 6) is 2.20. The van der Waals surface area contributed by atoms with E-state index in [-0.39, 0.29) is 0 Å². The van der Waals surface area contributed by atoms with Gasteiger partial charge >= 0.3 is 0 Å². The van der Waals surface area contributed by atoms with Crippen molar-refractivity contribution in [3.8, 4) is 22.9 Å². The van der Waals surface area contributed by atoms with Crippen molar-refractivity contribution in [3.05, 3.63) is 36.4 Å². The molecule has 102 valence electrons. The van der Waals surface area contributed by atoms with E-state index in [9.17, 15) is 0 Å². The molecule has 1 aromatic heterocycles. The molecule has 0 bridgehead atoms. The van der Waals surface area contributed by atoms with Crippen molar-refractivity contribution in [1.82, 2.24) is 9.97 Å². The number of rotatable bonds is 3. The number of imidazole rings is 1. The van der Waals surface area contributed by atoms with E-state index in [0.29, 0.717) is 11.4 Å². The number of aromatic amines is 1. The summed E-state index contributed by atoms with van der Waals surface area (Å²) >= 11 is 0. The minimum atomic E-state index is 0.606. The summed E-state index contributed by atoms with van der Waals surface area (Å²) < 4.78 is 10.4. The lowest BCUT2D eigenvalue weighted by Gasteiger charge is -2.05. The van der Waals surface area contributed by atoms with Gasteiger partial charge in [0.15, 0.2) is 0 Å². The molecular formula is C15H15N3O2. The van der Waals surface area contributed by atoms with E-state index in [1.54, 1.807) is 14.2 Å². The van der Waals surface area contributed by atoms with Crippen molar-refractivity contribution in [1.29, 1.82) is 0 Å². The zero-order valence-electron chi connectivity index (χ0n) is 11.3. The number of nitrogens with one attached hydrogen (secondary N) is 1. The highest BCUT2D eigenvalue weighted by atomic mass is 16.5. The van der Waals surface area contributed by atoms with E-state index in [1.807, 2.05) is 36.4 Å². The van der Waals surface area contributed by atoms with Gasteiger partial charge in [-0.1, -0.05) is 0 Å². The Labute approximate surface area is 116 Å². The quantitative estimate of drug-likeness (QED) is 0.717. The van der Waals surface area contributed by atoms with E-state index in [4.69, 9.17) is 15.2 Å². The SMILES string of the molecule is COc1ccc2nc(-c3ccc(N)c(OC)c3)[nH]c2c1. The van der Waals surface area contributed by atoms with E-state index in [2.05, 4.69) is 9.97 Å². The summed E-state index contributed by atoms with van der Waals surface area (Å²) in [6, 6.07) is 11.3. The molecule has 0 fully saturated rings. The molecule has 3 rings (SSSR count). The standard InChI is InChI=1S/C15H15N3O2/c1-19-10-4-6-12-13(8-10)18-15(17-12)9-3-5-11(16)14(7-9)20-2/h3-8H,16H2,1-2H3,(H,17,18). The second-order valence-corrected chi connectivity index (χ2v) is 4.43. The molecule has 0 amide bonds. The molecule has 0 saturated carbocycles. The van der Waals surface area contributed by atoms with Crippen LogP contribution in [0.4, 0.5) is 5.69 Å². The normalized spacial score (nSPS) is 10.7. The fraction of sp³-hybridized carbons (Fsp3) is 0.133. The first-order valence-corrected chi connectivity index (χ1v) is 6.19. The van der Waals surface area contributed by atoms with Crippen LogP contribution >= 0.6 is 0 Å². The number of H-pyrrole nitrogens is 1. The number of nitrogen functional groups attached to an aromatic ring is 1. The molecule has 20 heavy (non-hydrogen) atoms. The van der Waals surface area contributed by atoms with E-state index < -0.39 is 0 Å². The highest BCUT2D eigenvalue weighted by molar-refractivity contribution is 5.81. The van der Waals surface area contributed by atoms with Gasteiger partial charge in [0.1, 0.15) is 17.3 Å². The molecule has 5 heteroatoms. The lowest BCUT2D eigenvalue weighted by atomic mass is 10.2. The Morgan fingerprint density at radius 1 is 1.05 bits per heavy atom. The Bertz CT molecular complexity index is 765. The molecule has 0 aliphatic carbocycles. The fourth-order valence-electron chi connectivity index (χ4n) is 2.11. The molecular weight excluding hydrogens is 254 g/mol. The summed E-state index contributed by atoms with van der Waals surface area (Å²) in [6.45, 7) is 0. The lowest BCUT2D eigenvalue weighted by molar-refractivity contribution is 0.415. The maximum atomic E-state index is 5.82. The molecule has 0 saturated heterocycles. The Hall–Kier alpha value is -2.69. The average molecular weight is 269 g/mol. The van der Waals surface area contributed by atoms with Crippen LogP contribution in [0.25, 0.3) is 22.4 Å². The van der Waals surface area contributed by atoms with Crippen LogP contribution in [-0.2, 0) is 0 Å². The summed E-state index contributed by atoms with van der Waals surface area (Å²) in [7, 11) is 3.24. The minimum Gasteiger partial charge on any atom is -0.497 e. The van der Waals surface area contributed by atoms with E-state index in [1.165, 1.54) is 0 Å². The van der Waals surface area contributed by atoms with Crippen LogP contribution in [0.3, 0.4) is 0 Å². The number of nitrogens with two attached hydrogens (primary N) is 1. The monoisotopic (exact) mass is 269 g/mol. The minimum absolute atomic E-state index is 0.606. The van der Waals surface area contributed by atoms with Gasteiger partial charge in [-0.3, -0.25) is 0 Å². The van der Waals surface area contributed by atoms with Gasteiger partial charge in [-0.15, -0.1) is 0 Å². The smallest absolute Gasteiger partial charge is 0.142 e. The van der Waals surface area contributed by atoms with Crippen molar-refractivity contribution in [3.63, 3.8) is 0 Å². The van der Waals surface area contributed by atoms with Gasteiger partial charge in [-0.25, -0.2) is 4.98 Å². The summed E-state index contributed by atoms with van der Waals surface area (Å²) in [6.07, 6.45) is 0. The van der Waals surface area contributed by atoms with Gasteiger partial charge < -0.3 is 20.2 Å². The van der Waals surface area contributed by atoms with Crippen molar-refractivity contribution >= 4 is 16.7 Å². The lowest BCUT2D eigenvalue weighted by Crippen LogP contribution is -1.92. The highest BCUT2D eigenvalue weighted by Gasteiger charge is 2.08. The zero-order chi connectivity index (χ0) is 14.1. The van der Waals surface area contributed by atoms with Gasteiger partial charge in [0.2, 0.25) is 0 Å². The Balaban J connectivity index is 2.09. The second kappa shape index (κ2) is 4.77. The van der Waals surface area contributed by atoms with E-state index >= 15 is 0 Å². The van der Waals surface area contributed by atoms with Gasteiger partial charge in [-0.2, -0.15) is 0 Å². The van der Waals surface area contributed by atoms with Gasteiger partial charge in [0.05, 0.1) is 30.9 Å². The average Bonchev–Trinajstić information content (AvgIpc) is 2.90. The Morgan fingerprint density at radius 3 is 2.65 bits per heavy atom. The number of hydrogen-bond donors (Lipinski definition) is 2. The predicted molar refractivity (Wildman–Crippen MR) is 79.0 cm³/mol. The molecule has 3 aromatic rings. The van der Waals surface area contributed by atoms with Crippen molar-refractivity contribution < 1.29 is 9.47 Å². The number of aromatic nitrogens is 2. The van der Waals surface area contributed by atoms with Gasteiger partial charge in [-0.05, 0) is 30.3 Å². The number of hydrogen-bond acceptors (Lipinski definition) is 4. The van der Waals surface area contributed by atoms with Gasteiger partial charge in [0, 0.05) is 11.6 Å². The van der Waals surface area contributed by atoms with Crippen LogP contribution in [0.2, 0.25) is 0 Å². The van der Waals surface area contributed by atoms with Crippen LogP contribution in [0, 0.1) is 0 Å². The molecule has 0 atom stereocenters. The number of fused-ring (bicyclic) bond motifs is 1. The van der Waals surface area contributed by atoms with Crippen LogP contribution in [-0.4, -0.2) is 24.2 Å². The van der Waals surface area contributed by atoms with E-state index in [0.717, 1.165) is 28.2 Å². The molecule has 0 spiro atoms. The molecule has 0 aliphatic heterocycles. The molecule has 0 unspecified atom stereocenters. The van der Waals surface area contributed by atoms with Crippen LogP contribution < -0.4 is 15.2 Å². The zero-order valence-corrected chi connectivity index (χ0v) is 11.3. The molecule has 0 aliphatic rings.